The van der Waals surface area contributed by atoms with Crippen molar-refractivity contribution in [3.63, 3.8) is 0 Å². The standard InChI is InChI=1S/C15H16F2N2OS/c1-19(2)14(10-3-4-21-9-10)8-18-15(20)11-5-12(16)7-13(17)6-11/h3-7,9,14H,8H2,1-2H3,(H,18,20)/t14-/m0/s1. The summed E-state index contributed by atoms with van der Waals surface area (Å²) in [5, 5.41) is 6.69. The molecule has 0 aliphatic rings. The van der Waals surface area contributed by atoms with E-state index in [-0.39, 0.29) is 11.6 Å². The van der Waals surface area contributed by atoms with Gasteiger partial charge in [-0.3, -0.25) is 4.79 Å². The molecular weight excluding hydrogens is 294 g/mol. The molecule has 2 rings (SSSR count). The Morgan fingerprint density at radius 1 is 1.29 bits per heavy atom. The number of carbonyl (C=O) groups excluding carboxylic acids is 1. The molecule has 6 heteroatoms. The molecule has 0 saturated carbocycles. The number of thiophene rings is 1. The zero-order valence-electron chi connectivity index (χ0n) is 11.8. The summed E-state index contributed by atoms with van der Waals surface area (Å²) in [4.78, 5) is 14.0. The van der Waals surface area contributed by atoms with Crippen molar-refractivity contribution < 1.29 is 13.6 Å². The summed E-state index contributed by atoms with van der Waals surface area (Å²) in [5.41, 5.74) is 1.08. The third-order valence-electron chi connectivity index (χ3n) is 3.13. The summed E-state index contributed by atoms with van der Waals surface area (Å²) in [6.45, 7) is 0.362. The summed E-state index contributed by atoms with van der Waals surface area (Å²) in [6.07, 6.45) is 0. The molecule has 0 aliphatic heterocycles. The van der Waals surface area contributed by atoms with Crippen molar-refractivity contribution in [3.05, 3.63) is 57.8 Å². The largest absolute Gasteiger partial charge is 0.350 e. The number of amides is 1. The van der Waals surface area contributed by atoms with E-state index in [1.807, 2.05) is 35.8 Å². The van der Waals surface area contributed by atoms with Crippen LogP contribution in [0.15, 0.2) is 35.0 Å². The van der Waals surface area contributed by atoms with Crippen LogP contribution in [0, 0.1) is 11.6 Å². The number of halogens is 2. The number of rotatable bonds is 5. The zero-order valence-corrected chi connectivity index (χ0v) is 12.6. The summed E-state index contributed by atoms with van der Waals surface area (Å²) < 4.78 is 26.2. The number of likely N-dealkylation sites (N-methyl/N-ethyl adjacent to an activating group) is 1. The normalized spacial score (nSPS) is 12.4. The highest BCUT2D eigenvalue weighted by Crippen LogP contribution is 2.20. The SMILES string of the molecule is CN(C)[C@@H](CNC(=O)c1cc(F)cc(F)c1)c1ccsc1. The number of carbonyl (C=O) groups is 1. The van der Waals surface area contributed by atoms with Crippen molar-refractivity contribution in [2.75, 3.05) is 20.6 Å². The number of benzene rings is 1. The quantitative estimate of drug-likeness (QED) is 0.920. The first-order valence-electron chi connectivity index (χ1n) is 6.40. The van der Waals surface area contributed by atoms with Crippen LogP contribution >= 0.6 is 11.3 Å². The van der Waals surface area contributed by atoms with Crippen LogP contribution in [0.5, 0.6) is 0 Å². The van der Waals surface area contributed by atoms with E-state index < -0.39 is 17.5 Å². The highest BCUT2D eigenvalue weighted by molar-refractivity contribution is 7.07. The lowest BCUT2D eigenvalue weighted by atomic mass is 10.1. The van der Waals surface area contributed by atoms with Gasteiger partial charge in [0, 0.05) is 18.2 Å². The van der Waals surface area contributed by atoms with Crippen LogP contribution in [0.3, 0.4) is 0 Å². The number of nitrogens with zero attached hydrogens (tertiary/aromatic N) is 1. The van der Waals surface area contributed by atoms with E-state index in [0.29, 0.717) is 6.54 Å². The predicted octanol–water partition coefficient (Wildman–Crippen LogP) is 3.06. The minimum absolute atomic E-state index is 0.0126. The molecule has 1 aromatic carbocycles. The molecule has 0 aliphatic carbocycles. The monoisotopic (exact) mass is 310 g/mol. The predicted molar refractivity (Wildman–Crippen MR) is 79.4 cm³/mol. The fourth-order valence-electron chi connectivity index (χ4n) is 2.04. The van der Waals surface area contributed by atoms with E-state index >= 15 is 0 Å². The molecule has 1 aromatic heterocycles. The molecule has 0 radical (unpaired) electrons. The molecule has 2 aromatic rings. The molecule has 1 N–H and O–H groups in total. The molecule has 0 bridgehead atoms. The Labute approximate surface area is 126 Å². The van der Waals surface area contributed by atoms with Crippen molar-refractivity contribution >= 4 is 17.2 Å². The van der Waals surface area contributed by atoms with Crippen molar-refractivity contribution in [3.8, 4) is 0 Å². The molecule has 112 valence electrons. The van der Waals surface area contributed by atoms with Crippen molar-refractivity contribution in [2.45, 2.75) is 6.04 Å². The van der Waals surface area contributed by atoms with Gasteiger partial charge in [-0.25, -0.2) is 8.78 Å². The van der Waals surface area contributed by atoms with E-state index in [4.69, 9.17) is 0 Å². The number of nitrogens with one attached hydrogen (secondary N) is 1. The van der Waals surface area contributed by atoms with Gasteiger partial charge in [-0.1, -0.05) is 0 Å². The van der Waals surface area contributed by atoms with Crippen LogP contribution in [0.25, 0.3) is 0 Å². The lowest BCUT2D eigenvalue weighted by molar-refractivity contribution is 0.0941. The van der Waals surface area contributed by atoms with Crippen molar-refractivity contribution in [2.24, 2.45) is 0 Å². The average molecular weight is 310 g/mol. The maximum absolute atomic E-state index is 13.1. The fraction of sp³-hybridized carbons (Fsp3) is 0.267. The Hall–Kier alpha value is -1.79. The average Bonchev–Trinajstić information content (AvgIpc) is 2.91. The molecule has 0 unspecified atom stereocenters. The second-order valence-corrected chi connectivity index (χ2v) is 5.68. The molecule has 0 saturated heterocycles. The van der Waals surface area contributed by atoms with Crippen LogP contribution in [0.2, 0.25) is 0 Å². The van der Waals surface area contributed by atoms with Crippen LogP contribution in [0.1, 0.15) is 22.0 Å². The topological polar surface area (TPSA) is 32.3 Å². The number of hydrogen-bond donors (Lipinski definition) is 1. The van der Waals surface area contributed by atoms with Gasteiger partial charge >= 0.3 is 0 Å². The molecule has 1 heterocycles. The third kappa shape index (κ3) is 4.09. The highest BCUT2D eigenvalue weighted by atomic mass is 32.1. The summed E-state index contributed by atoms with van der Waals surface area (Å²) in [7, 11) is 3.83. The van der Waals surface area contributed by atoms with E-state index in [2.05, 4.69) is 5.32 Å². The lowest BCUT2D eigenvalue weighted by Gasteiger charge is -2.24. The van der Waals surface area contributed by atoms with Crippen LogP contribution in [-0.2, 0) is 0 Å². The van der Waals surface area contributed by atoms with Gasteiger partial charge in [0.1, 0.15) is 11.6 Å². The van der Waals surface area contributed by atoms with Crippen LogP contribution < -0.4 is 5.32 Å². The highest BCUT2D eigenvalue weighted by Gasteiger charge is 2.16. The molecule has 21 heavy (non-hydrogen) atoms. The minimum Gasteiger partial charge on any atom is -0.350 e. The van der Waals surface area contributed by atoms with E-state index in [9.17, 15) is 13.6 Å². The summed E-state index contributed by atoms with van der Waals surface area (Å²) in [5.74, 6) is -2.01. The van der Waals surface area contributed by atoms with Crippen LogP contribution in [0.4, 0.5) is 8.78 Å². The van der Waals surface area contributed by atoms with Gasteiger partial charge in [-0.05, 0) is 48.6 Å². The van der Waals surface area contributed by atoms with E-state index in [0.717, 1.165) is 23.8 Å². The molecule has 1 amide bonds. The van der Waals surface area contributed by atoms with Crippen LogP contribution in [-0.4, -0.2) is 31.4 Å². The maximum Gasteiger partial charge on any atom is 0.251 e. The Bertz CT molecular complexity index is 594. The first-order chi connectivity index (χ1) is 9.97. The molecular formula is C15H16F2N2OS. The fourth-order valence-corrected chi connectivity index (χ4v) is 2.75. The lowest BCUT2D eigenvalue weighted by Crippen LogP contribution is -2.34. The first-order valence-corrected chi connectivity index (χ1v) is 7.34. The smallest absolute Gasteiger partial charge is 0.251 e. The van der Waals surface area contributed by atoms with Gasteiger partial charge in [-0.2, -0.15) is 11.3 Å². The molecule has 0 spiro atoms. The van der Waals surface area contributed by atoms with Crippen molar-refractivity contribution in [1.29, 1.82) is 0 Å². The Balaban J connectivity index is 2.05. The van der Waals surface area contributed by atoms with Gasteiger partial charge in [0.05, 0.1) is 6.04 Å². The second kappa shape index (κ2) is 6.78. The Morgan fingerprint density at radius 3 is 2.48 bits per heavy atom. The first kappa shape index (κ1) is 15.6. The van der Waals surface area contributed by atoms with Gasteiger partial charge in [0.25, 0.3) is 5.91 Å². The second-order valence-electron chi connectivity index (χ2n) is 4.90. The summed E-state index contributed by atoms with van der Waals surface area (Å²) >= 11 is 1.58. The van der Waals surface area contributed by atoms with Crippen molar-refractivity contribution in [1.82, 2.24) is 10.2 Å². The maximum atomic E-state index is 13.1. The van der Waals surface area contributed by atoms with Gasteiger partial charge < -0.3 is 10.2 Å². The molecule has 3 nitrogen and oxygen atoms in total. The zero-order chi connectivity index (χ0) is 15.4. The summed E-state index contributed by atoms with van der Waals surface area (Å²) in [6, 6.07) is 4.79. The van der Waals surface area contributed by atoms with Gasteiger partial charge in [0.15, 0.2) is 0 Å². The van der Waals surface area contributed by atoms with E-state index in [1.165, 1.54) is 0 Å². The molecule has 0 fully saturated rings. The Morgan fingerprint density at radius 2 is 1.95 bits per heavy atom. The minimum atomic E-state index is -0.762. The third-order valence-corrected chi connectivity index (χ3v) is 3.83. The van der Waals surface area contributed by atoms with Gasteiger partial charge in [0.2, 0.25) is 0 Å². The van der Waals surface area contributed by atoms with Gasteiger partial charge in [-0.15, -0.1) is 0 Å². The van der Waals surface area contributed by atoms with E-state index in [1.54, 1.807) is 11.3 Å². The Kier molecular flexibility index (Phi) is 5.03. The molecule has 1 atom stereocenters. The number of hydrogen-bond acceptors (Lipinski definition) is 3.